The molecule has 1 aliphatic carbocycles. The Morgan fingerprint density at radius 2 is 1.91 bits per heavy atom. The molecular formula is C16H25NO3SSn. The number of carboxylic acids is 1. The number of hydrogen-bond donors (Lipinski definition) is 2. The molecule has 1 aromatic rings. The van der Waals surface area contributed by atoms with E-state index in [2.05, 4.69) is 31.6 Å². The molecule has 0 aromatic carbocycles. The summed E-state index contributed by atoms with van der Waals surface area (Å²) in [5.74, 6) is -0.430. The summed E-state index contributed by atoms with van der Waals surface area (Å²) in [6.07, 6.45) is 3.26. The Kier molecular flexibility index (Phi) is 5.93. The predicted octanol–water partition coefficient (Wildman–Crippen LogP) is 2.91. The van der Waals surface area contributed by atoms with E-state index in [1.54, 1.807) is 0 Å². The van der Waals surface area contributed by atoms with E-state index in [0.29, 0.717) is 12.5 Å². The van der Waals surface area contributed by atoms with Crippen LogP contribution in [0, 0.1) is 11.8 Å². The molecule has 2 rings (SSSR count). The van der Waals surface area contributed by atoms with Crippen molar-refractivity contribution in [2.24, 2.45) is 11.8 Å². The Bertz CT molecular complexity index is 542. The zero-order valence-corrected chi connectivity index (χ0v) is 17.2. The number of carbonyl (C=O) groups excluding carboxylic acids is 1. The fourth-order valence-electron chi connectivity index (χ4n) is 2.79. The van der Waals surface area contributed by atoms with Gasteiger partial charge >= 0.3 is 140 Å². The summed E-state index contributed by atoms with van der Waals surface area (Å²) in [4.78, 5) is 31.0. The SMILES string of the molecule is [CH3][Sn]([CH3])([CH3])[c]1csc(C(=O)NCC2CCC(C(=O)O)CC2)c1. The number of carboxylic acid groups (broad SMARTS) is 1. The van der Waals surface area contributed by atoms with Crippen LogP contribution in [0.4, 0.5) is 0 Å². The van der Waals surface area contributed by atoms with Gasteiger partial charge in [0.2, 0.25) is 0 Å². The third kappa shape index (κ3) is 4.72. The van der Waals surface area contributed by atoms with Crippen LogP contribution in [-0.2, 0) is 4.79 Å². The van der Waals surface area contributed by atoms with Crippen molar-refractivity contribution in [1.82, 2.24) is 5.32 Å². The van der Waals surface area contributed by atoms with Crippen LogP contribution >= 0.6 is 11.3 Å². The monoisotopic (exact) mass is 431 g/mol. The van der Waals surface area contributed by atoms with E-state index in [1.165, 1.54) is 14.9 Å². The van der Waals surface area contributed by atoms with Crippen molar-refractivity contribution in [3.05, 3.63) is 16.3 Å². The van der Waals surface area contributed by atoms with Crippen molar-refractivity contribution in [2.45, 2.75) is 40.5 Å². The quantitative estimate of drug-likeness (QED) is 0.707. The van der Waals surface area contributed by atoms with Gasteiger partial charge in [0.1, 0.15) is 0 Å². The molecule has 122 valence electrons. The van der Waals surface area contributed by atoms with Gasteiger partial charge in [0.25, 0.3) is 0 Å². The molecule has 1 aromatic heterocycles. The second kappa shape index (κ2) is 7.34. The molecule has 0 saturated heterocycles. The molecule has 0 aliphatic heterocycles. The van der Waals surface area contributed by atoms with Crippen LogP contribution in [0.25, 0.3) is 0 Å². The molecule has 1 heterocycles. The van der Waals surface area contributed by atoms with E-state index in [0.717, 1.165) is 30.6 Å². The Labute approximate surface area is 140 Å². The minimum atomic E-state index is -2.08. The van der Waals surface area contributed by atoms with Crippen molar-refractivity contribution in [3.8, 4) is 0 Å². The topological polar surface area (TPSA) is 66.4 Å². The second-order valence-electron chi connectivity index (χ2n) is 7.22. The molecule has 4 nitrogen and oxygen atoms in total. The summed E-state index contributed by atoms with van der Waals surface area (Å²) < 4.78 is 1.39. The van der Waals surface area contributed by atoms with Gasteiger partial charge in [-0.05, 0) is 0 Å². The van der Waals surface area contributed by atoms with Crippen molar-refractivity contribution >= 4 is 45.2 Å². The van der Waals surface area contributed by atoms with Gasteiger partial charge in [-0.1, -0.05) is 0 Å². The van der Waals surface area contributed by atoms with Crippen molar-refractivity contribution in [3.63, 3.8) is 0 Å². The minimum absolute atomic E-state index is 0.0205. The van der Waals surface area contributed by atoms with E-state index < -0.39 is 24.3 Å². The van der Waals surface area contributed by atoms with Gasteiger partial charge in [-0.15, -0.1) is 0 Å². The van der Waals surface area contributed by atoms with Crippen molar-refractivity contribution in [1.29, 1.82) is 0 Å². The van der Waals surface area contributed by atoms with Crippen molar-refractivity contribution in [2.75, 3.05) is 6.54 Å². The molecule has 22 heavy (non-hydrogen) atoms. The molecule has 0 radical (unpaired) electrons. The number of aliphatic carboxylic acids is 1. The van der Waals surface area contributed by atoms with Gasteiger partial charge < -0.3 is 0 Å². The van der Waals surface area contributed by atoms with Gasteiger partial charge in [-0.3, -0.25) is 0 Å². The standard InChI is InChI=1S/C13H16NO3S.3CH3.Sn/c15-12(11-2-1-7-18-11)14-8-9-3-5-10(6-4-9)13(16)17;;;;/h2,7,9-10H,3-6,8H2,(H,14,15)(H,16,17);3*1H3;. The Morgan fingerprint density at radius 3 is 2.41 bits per heavy atom. The fourth-order valence-corrected chi connectivity index (χ4v) is 9.31. The number of thiophene rings is 1. The van der Waals surface area contributed by atoms with Crippen molar-refractivity contribution < 1.29 is 14.7 Å². The average Bonchev–Trinajstić information content (AvgIpc) is 2.95. The van der Waals surface area contributed by atoms with Gasteiger partial charge in [0.05, 0.1) is 0 Å². The Hall–Kier alpha value is -0.561. The molecular weight excluding hydrogens is 405 g/mol. The van der Waals surface area contributed by atoms with Gasteiger partial charge in [0, 0.05) is 0 Å². The number of hydrogen-bond acceptors (Lipinski definition) is 3. The molecule has 1 aliphatic rings. The second-order valence-corrected chi connectivity index (χ2v) is 22.6. The number of amides is 1. The Morgan fingerprint density at radius 1 is 1.27 bits per heavy atom. The zero-order valence-electron chi connectivity index (χ0n) is 13.5. The number of rotatable bonds is 5. The molecule has 6 heteroatoms. The first kappa shape index (κ1) is 17.8. The van der Waals surface area contributed by atoms with Crippen LogP contribution in [0.2, 0.25) is 14.8 Å². The molecule has 0 atom stereocenters. The fraction of sp³-hybridized carbons (Fsp3) is 0.625. The zero-order chi connectivity index (χ0) is 16.3. The first-order valence-electron chi connectivity index (χ1n) is 7.87. The molecule has 1 amide bonds. The predicted molar refractivity (Wildman–Crippen MR) is 92.7 cm³/mol. The molecule has 2 N–H and O–H groups in total. The van der Waals surface area contributed by atoms with Crippen LogP contribution < -0.4 is 8.90 Å². The van der Waals surface area contributed by atoms with E-state index in [1.807, 2.05) is 0 Å². The third-order valence-corrected chi connectivity index (χ3v) is 11.7. The third-order valence-electron chi connectivity index (χ3n) is 4.44. The summed E-state index contributed by atoms with van der Waals surface area (Å²) in [5, 5.41) is 14.2. The summed E-state index contributed by atoms with van der Waals surface area (Å²) in [5.41, 5.74) is 0. The van der Waals surface area contributed by atoms with Gasteiger partial charge in [0.15, 0.2) is 0 Å². The van der Waals surface area contributed by atoms with Crippen LogP contribution in [0.3, 0.4) is 0 Å². The first-order valence-corrected chi connectivity index (χ1v) is 18.7. The maximum absolute atomic E-state index is 12.2. The van der Waals surface area contributed by atoms with Crippen LogP contribution in [0.5, 0.6) is 0 Å². The normalized spacial score (nSPS) is 22.3. The van der Waals surface area contributed by atoms with Crippen LogP contribution in [-0.4, -0.2) is 41.9 Å². The molecule has 0 unspecified atom stereocenters. The van der Waals surface area contributed by atoms with E-state index in [9.17, 15) is 9.59 Å². The average molecular weight is 430 g/mol. The van der Waals surface area contributed by atoms with E-state index >= 15 is 0 Å². The molecule has 0 bridgehead atoms. The summed E-state index contributed by atoms with van der Waals surface area (Å²) in [6.45, 7) is 0.664. The van der Waals surface area contributed by atoms with Gasteiger partial charge in [-0.2, -0.15) is 0 Å². The van der Waals surface area contributed by atoms with E-state index in [4.69, 9.17) is 5.11 Å². The molecule has 1 fully saturated rings. The van der Waals surface area contributed by atoms with Crippen LogP contribution in [0.1, 0.15) is 35.4 Å². The summed E-state index contributed by atoms with van der Waals surface area (Å²) >= 11 is -0.545. The molecule has 1 saturated carbocycles. The summed E-state index contributed by atoms with van der Waals surface area (Å²) in [6, 6.07) is 2.07. The summed E-state index contributed by atoms with van der Waals surface area (Å²) in [7, 11) is 0. The number of nitrogens with one attached hydrogen (secondary N) is 1. The van der Waals surface area contributed by atoms with Crippen LogP contribution in [0.15, 0.2) is 11.4 Å². The van der Waals surface area contributed by atoms with E-state index in [-0.39, 0.29) is 11.8 Å². The maximum atomic E-state index is 12.2. The molecule has 0 spiro atoms. The number of carbonyl (C=O) groups is 2. The first-order chi connectivity index (χ1) is 10.3. The Balaban J connectivity index is 1.81. The van der Waals surface area contributed by atoms with Gasteiger partial charge in [-0.25, -0.2) is 0 Å².